The van der Waals surface area contributed by atoms with Crippen LogP contribution in [0.1, 0.15) is 22.5 Å². The van der Waals surface area contributed by atoms with E-state index < -0.39 is 0 Å². The molecule has 1 aliphatic rings. The monoisotopic (exact) mass is 456 g/mol. The van der Waals surface area contributed by atoms with Gasteiger partial charge in [0.1, 0.15) is 0 Å². The summed E-state index contributed by atoms with van der Waals surface area (Å²) in [5, 5.41) is 4.98. The zero-order chi connectivity index (χ0) is 19.5. The Labute approximate surface area is 184 Å². The molecule has 2 aromatic heterocycles. The maximum atomic E-state index is 13.0. The minimum Gasteiger partial charge on any atom is -0.379 e. The molecule has 156 valence electrons. The number of ether oxygens (including phenoxy) is 1. The van der Waals surface area contributed by atoms with E-state index in [9.17, 15) is 4.79 Å². The van der Waals surface area contributed by atoms with Gasteiger partial charge in [-0.2, -0.15) is 0 Å². The second-order valence-electron chi connectivity index (χ2n) is 6.66. The highest BCUT2D eigenvalue weighted by atomic mass is 35.5. The first-order valence-corrected chi connectivity index (χ1v) is 10.4. The Balaban J connectivity index is 0.00000240. The maximum Gasteiger partial charge on any atom is 0.298 e. The van der Waals surface area contributed by atoms with Crippen LogP contribution in [0.2, 0.25) is 5.02 Å². The fraction of sp³-hybridized carbons (Fsp3) is 0.421. The first-order valence-electron chi connectivity index (χ1n) is 9.22. The fourth-order valence-corrected chi connectivity index (χ4v) is 4.43. The summed E-state index contributed by atoms with van der Waals surface area (Å²) in [6.45, 7) is 6.76. The molecular weight excluding hydrogens is 435 g/mol. The van der Waals surface area contributed by atoms with Crippen LogP contribution in [-0.2, 0) is 4.74 Å². The summed E-state index contributed by atoms with van der Waals surface area (Å²) < 4.78 is 11.5. The fourth-order valence-electron chi connectivity index (χ4n) is 3.22. The van der Waals surface area contributed by atoms with Crippen molar-refractivity contribution in [2.75, 3.05) is 44.3 Å². The number of nitrogens with zero attached hydrogens (tertiary/aromatic N) is 4. The van der Waals surface area contributed by atoms with Gasteiger partial charge in [0.25, 0.3) is 5.91 Å². The molecule has 0 N–H and O–H groups in total. The number of hydrogen-bond donors (Lipinski definition) is 0. The van der Waals surface area contributed by atoms with Gasteiger partial charge in [0.2, 0.25) is 5.76 Å². The summed E-state index contributed by atoms with van der Waals surface area (Å²) in [5.74, 6) is -0.0253. The third-order valence-corrected chi connectivity index (χ3v) is 6.27. The second-order valence-corrected chi connectivity index (χ2v) is 8.07. The highest BCUT2D eigenvalue weighted by molar-refractivity contribution is 7.22. The molecule has 1 saturated heterocycles. The van der Waals surface area contributed by atoms with Crippen LogP contribution in [0.25, 0.3) is 10.2 Å². The zero-order valence-electron chi connectivity index (χ0n) is 16.0. The van der Waals surface area contributed by atoms with Crippen molar-refractivity contribution in [3.63, 3.8) is 0 Å². The molecule has 3 heterocycles. The highest BCUT2D eigenvalue weighted by Crippen LogP contribution is 2.34. The molecule has 1 amide bonds. The SMILES string of the molecule is Cc1c(Cl)ccc2sc(N(CCCN3CCOCC3)C(=O)c3ccno3)nc12.Cl. The number of amides is 1. The summed E-state index contributed by atoms with van der Waals surface area (Å²) >= 11 is 7.71. The summed E-state index contributed by atoms with van der Waals surface area (Å²) in [5.41, 5.74) is 1.75. The number of aryl methyl sites for hydroxylation is 1. The van der Waals surface area contributed by atoms with Crippen molar-refractivity contribution in [2.24, 2.45) is 0 Å². The molecule has 0 radical (unpaired) electrons. The van der Waals surface area contributed by atoms with Crippen molar-refractivity contribution in [3.05, 3.63) is 40.7 Å². The molecule has 0 unspecified atom stereocenters. The average molecular weight is 457 g/mol. The molecule has 29 heavy (non-hydrogen) atoms. The number of carbonyl (C=O) groups is 1. The van der Waals surface area contributed by atoms with Crippen LogP contribution in [-0.4, -0.2) is 60.3 Å². The first-order chi connectivity index (χ1) is 13.6. The Morgan fingerprint density at radius 2 is 2.10 bits per heavy atom. The van der Waals surface area contributed by atoms with Crippen molar-refractivity contribution in [1.82, 2.24) is 15.0 Å². The predicted molar refractivity (Wildman–Crippen MR) is 117 cm³/mol. The number of aromatic nitrogens is 2. The molecule has 1 fully saturated rings. The van der Waals surface area contributed by atoms with Gasteiger partial charge >= 0.3 is 0 Å². The normalized spacial score (nSPS) is 14.7. The maximum absolute atomic E-state index is 13.0. The molecule has 3 aromatic rings. The van der Waals surface area contributed by atoms with Crippen LogP contribution >= 0.6 is 35.3 Å². The van der Waals surface area contributed by atoms with E-state index in [2.05, 4.69) is 10.1 Å². The van der Waals surface area contributed by atoms with Gasteiger partial charge < -0.3 is 9.26 Å². The third kappa shape index (κ3) is 4.90. The third-order valence-electron chi connectivity index (χ3n) is 4.82. The lowest BCUT2D eigenvalue weighted by Gasteiger charge is -2.27. The standard InChI is InChI=1S/C19H21ClN4O3S.ClH/c1-13-14(20)3-4-16-17(13)22-19(28-16)24(18(25)15-5-6-21-27-15)8-2-7-23-9-11-26-12-10-23;/h3-6H,2,7-12H2,1H3;1H. The number of halogens is 2. The van der Waals surface area contributed by atoms with E-state index in [-0.39, 0.29) is 24.1 Å². The summed E-state index contributed by atoms with van der Waals surface area (Å²) in [6, 6.07) is 5.38. The van der Waals surface area contributed by atoms with Crippen LogP contribution in [0.5, 0.6) is 0 Å². The summed E-state index contributed by atoms with van der Waals surface area (Å²) in [4.78, 5) is 21.8. The Kier molecular flexibility index (Phi) is 7.48. The minimum absolute atomic E-state index is 0. The van der Waals surface area contributed by atoms with Crippen molar-refractivity contribution in [3.8, 4) is 0 Å². The number of rotatable bonds is 6. The van der Waals surface area contributed by atoms with E-state index in [4.69, 9.17) is 25.8 Å². The summed E-state index contributed by atoms with van der Waals surface area (Å²) in [7, 11) is 0. The second kappa shape index (κ2) is 9.86. The zero-order valence-corrected chi connectivity index (χ0v) is 18.4. The lowest BCUT2D eigenvalue weighted by atomic mass is 10.2. The van der Waals surface area contributed by atoms with Crippen LogP contribution in [0, 0.1) is 6.92 Å². The number of hydrogen-bond acceptors (Lipinski definition) is 7. The molecule has 10 heteroatoms. The molecule has 1 aromatic carbocycles. The van der Waals surface area contributed by atoms with E-state index in [1.807, 2.05) is 19.1 Å². The number of thiazole rings is 1. The van der Waals surface area contributed by atoms with Gasteiger partial charge in [-0.25, -0.2) is 4.98 Å². The van der Waals surface area contributed by atoms with Crippen molar-refractivity contribution in [2.45, 2.75) is 13.3 Å². The van der Waals surface area contributed by atoms with Crippen molar-refractivity contribution < 1.29 is 14.1 Å². The minimum atomic E-state index is -0.234. The molecule has 7 nitrogen and oxygen atoms in total. The molecule has 0 aliphatic carbocycles. The molecule has 1 aliphatic heterocycles. The van der Waals surface area contributed by atoms with E-state index in [0.29, 0.717) is 16.7 Å². The van der Waals surface area contributed by atoms with Crippen molar-refractivity contribution in [1.29, 1.82) is 0 Å². The number of benzene rings is 1. The lowest BCUT2D eigenvalue weighted by Crippen LogP contribution is -2.39. The summed E-state index contributed by atoms with van der Waals surface area (Å²) in [6.07, 6.45) is 2.30. The Hall–Kier alpha value is -1.71. The van der Waals surface area contributed by atoms with Gasteiger partial charge in [-0.1, -0.05) is 28.1 Å². The Morgan fingerprint density at radius 1 is 1.31 bits per heavy atom. The van der Waals surface area contributed by atoms with Crippen LogP contribution < -0.4 is 4.90 Å². The van der Waals surface area contributed by atoms with Gasteiger partial charge in [0, 0.05) is 37.3 Å². The number of anilines is 1. The first kappa shape index (κ1) is 22.0. The Bertz CT molecular complexity index is 958. The van der Waals surface area contributed by atoms with Crippen LogP contribution in [0.15, 0.2) is 28.9 Å². The number of morpholine rings is 1. The van der Waals surface area contributed by atoms with Gasteiger partial charge in [0.05, 0.1) is 29.6 Å². The lowest BCUT2D eigenvalue weighted by molar-refractivity contribution is 0.0376. The topological polar surface area (TPSA) is 71.7 Å². The number of carbonyl (C=O) groups excluding carboxylic acids is 1. The van der Waals surface area contributed by atoms with Gasteiger partial charge in [-0.3, -0.25) is 14.6 Å². The molecular formula is C19H22Cl2N4O3S. The molecule has 0 saturated carbocycles. The molecule has 0 spiro atoms. The quantitative estimate of drug-likeness (QED) is 0.557. The average Bonchev–Trinajstić information content (AvgIpc) is 3.39. The highest BCUT2D eigenvalue weighted by Gasteiger charge is 2.24. The van der Waals surface area contributed by atoms with E-state index in [1.54, 1.807) is 11.0 Å². The van der Waals surface area contributed by atoms with Gasteiger partial charge in [-0.05, 0) is 31.0 Å². The van der Waals surface area contributed by atoms with Crippen LogP contribution in [0.3, 0.4) is 0 Å². The number of fused-ring (bicyclic) bond motifs is 1. The largest absolute Gasteiger partial charge is 0.379 e. The van der Waals surface area contributed by atoms with E-state index in [0.717, 1.165) is 55.0 Å². The Morgan fingerprint density at radius 3 is 2.83 bits per heavy atom. The van der Waals surface area contributed by atoms with Crippen molar-refractivity contribution >= 4 is 56.6 Å². The molecule has 0 atom stereocenters. The van der Waals surface area contributed by atoms with Gasteiger partial charge in [-0.15, -0.1) is 12.4 Å². The smallest absolute Gasteiger partial charge is 0.298 e. The van der Waals surface area contributed by atoms with E-state index >= 15 is 0 Å². The van der Waals surface area contributed by atoms with Crippen LogP contribution in [0.4, 0.5) is 5.13 Å². The van der Waals surface area contributed by atoms with E-state index in [1.165, 1.54) is 17.5 Å². The molecule has 4 rings (SSSR count). The predicted octanol–water partition coefficient (Wildman–Crippen LogP) is 4.04. The molecule has 0 bridgehead atoms. The van der Waals surface area contributed by atoms with Gasteiger partial charge in [0.15, 0.2) is 5.13 Å².